The minimum Gasteiger partial charge on any atom is -0.349 e. The molecule has 1 aliphatic rings. The van der Waals surface area contributed by atoms with Gasteiger partial charge in [0.25, 0.3) is 0 Å². The van der Waals surface area contributed by atoms with Gasteiger partial charge in [0.1, 0.15) is 0 Å². The van der Waals surface area contributed by atoms with E-state index in [1.165, 1.54) is 6.07 Å². The van der Waals surface area contributed by atoms with Crippen molar-refractivity contribution < 1.29 is 18.0 Å². The van der Waals surface area contributed by atoms with Crippen molar-refractivity contribution in [3.8, 4) is 0 Å². The highest BCUT2D eigenvalue weighted by atomic mass is 19.4. The first kappa shape index (κ1) is 16.5. The van der Waals surface area contributed by atoms with Crippen LogP contribution in [0.1, 0.15) is 42.0 Å². The second-order valence-corrected chi connectivity index (χ2v) is 6.09. The Morgan fingerprint density at radius 2 is 2.08 bits per heavy atom. The largest absolute Gasteiger partial charge is 0.416 e. The van der Waals surface area contributed by atoms with Crippen LogP contribution < -0.4 is 5.32 Å². The van der Waals surface area contributed by atoms with Gasteiger partial charge in [0.2, 0.25) is 5.91 Å². The Balaban J connectivity index is 1.63. The molecule has 1 amide bonds. The maximum Gasteiger partial charge on any atom is 0.416 e. The molecule has 0 saturated heterocycles. The molecule has 24 heavy (non-hydrogen) atoms. The summed E-state index contributed by atoms with van der Waals surface area (Å²) in [6.45, 7) is 1.69. The lowest BCUT2D eigenvalue weighted by atomic mass is 10.0. The molecule has 1 aliphatic carbocycles. The molecule has 3 nitrogen and oxygen atoms in total. The zero-order chi connectivity index (χ0) is 17.3. The average Bonchev–Trinajstić information content (AvgIpc) is 3.36. The summed E-state index contributed by atoms with van der Waals surface area (Å²) in [5.74, 6) is -0.122. The van der Waals surface area contributed by atoms with Crippen LogP contribution in [0.3, 0.4) is 0 Å². The van der Waals surface area contributed by atoms with Crippen LogP contribution in [0.4, 0.5) is 13.2 Å². The summed E-state index contributed by atoms with van der Waals surface area (Å²) in [4.78, 5) is 16.3. The smallest absolute Gasteiger partial charge is 0.349 e. The van der Waals surface area contributed by atoms with E-state index in [9.17, 15) is 18.0 Å². The van der Waals surface area contributed by atoms with Gasteiger partial charge < -0.3 is 5.32 Å². The summed E-state index contributed by atoms with van der Waals surface area (Å²) in [5.41, 5.74) is 0.752. The van der Waals surface area contributed by atoms with Crippen LogP contribution in [0.2, 0.25) is 0 Å². The fraction of sp³-hybridized carbons (Fsp3) is 0.333. The zero-order valence-corrected chi connectivity index (χ0v) is 13.0. The number of benzene rings is 1. The van der Waals surface area contributed by atoms with E-state index in [4.69, 9.17) is 0 Å². The first-order chi connectivity index (χ1) is 11.4. The molecule has 1 saturated carbocycles. The SMILES string of the molecule is C[C@H](NC(=O)[C@H]1C[C@@H]1c1cccnc1)c1cccc(C(F)(F)F)c1. The van der Waals surface area contributed by atoms with Gasteiger partial charge in [-0.15, -0.1) is 0 Å². The zero-order valence-electron chi connectivity index (χ0n) is 13.0. The van der Waals surface area contributed by atoms with Crippen LogP contribution >= 0.6 is 0 Å². The van der Waals surface area contributed by atoms with Gasteiger partial charge in [-0.2, -0.15) is 13.2 Å². The predicted octanol–water partition coefficient (Wildman–Crippen LogP) is 4.08. The van der Waals surface area contributed by atoms with Gasteiger partial charge in [0.15, 0.2) is 0 Å². The van der Waals surface area contributed by atoms with Crippen LogP contribution in [-0.4, -0.2) is 10.9 Å². The number of alkyl halides is 3. The fourth-order valence-electron chi connectivity index (χ4n) is 2.84. The third kappa shape index (κ3) is 3.58. The van der Waals surface area contributed by atoms with Crippen LogP contribution in [0.15, 0.2) is 48.8 Å². The Bertz CT molecular complexity index is 731. The molecule has 0 radical (unpaired) electrons. The lowest BCUT2D eigenvalue weighted by molar-refractivity contribution is -0.137. The molecule has 3 atom stereocenters. The molecule has 0 aliphatic heterocycles. The first-order valence-electron chi connectivity index (χ1n) is 7.73. The Kier molecular flexibility index (Phi) is 4.30. The molecular formula is C18H17F3N2O. The van der Waals surface area contributed by atoms with Crippen LogP contribution in [-0.2, 0) is 11.0 Å². The minimum atomic E-state index is -4.39. The summed E-state index contributed by atoms with van der Waals surface area (Å²) < 4.78 is 38.3. The average molecular weight is 334 g/mol. The number of carbonyl (C=O) groups is 1. The normalized spacial score (nSPS) is 21.2. The van der Waals surface area contributed by atoms with Crippen molar-refractivity contribution in [3.63, 3.8) is 0 Å². The second-order valence-electron chi connectivity index (χ2n) is 6.09. The number of pyridine rings is 1. The number of nitrogens with one attached hydrogen (secondary N) is 1. The second kappa shape index (κ2) is 6.26. The van der Waals surface area contributed by atoms with Crippen LogP contribution in [0.5, 0.6) is 0 Å². The van der Waals surface area contributed by atoms with Crippen molar-refractivity contribution in [2.24, 2.45) is 5.92 Å². The molecule has 1 heterocycles. The summed E-state index contributed by atoms with van der Waals surface area (Å²) in [6.07, 6.45) is -0.223. The molecule has 0 bridgehead atoms. The summed E-state index contributed by atoms with van der Waals surface area (Å²) in [5, 5.41) is 2.81. The van der Waals surface area contributed by atoms with Gasteiger partial charge in [-0.3, -0.25) is 9.78 Å². The number of hydrogen-bond donors (Lipinski definition) is 1. The standard InChI is InChI=1S/C18H17F3N2O/c1-11(12-4-2-6-14(8-12)18(19,20)21)23-17(24)16-9-15(16)13-5-3-7-22-10-13/h2-8,10-11,15-16H,9H2,1H3,(H,23,24)/t11-,15+,16-/m0/s1. The van der Waals surface area contributed by atoms with Crippen molar-refractivity contribution in [1.29, 1.82) is 0 Å². The van der Waals surface area contributed by atoms with Crippen molar-refractivity contribution in [1.82, 2.24) is 10.3 Å². The third-order valence-electron chi connectivity index (χ3n) is 4.31. The Morgan fingerprint density at radius 3 is 2.75 bits per heavy atom. The molecule has 1 fully saturated rings. The number of halogens is 3. The lowest BCUT2D eigenvalue weighted by Crippen LogP contribution is -2.28. The number of amides is 1. The number of hydrogen-bond acceptors (Lipinski definition) is 2. The summed E-state index contributed by atoms with van der Waals surface area (Å²) >= 11 is 0. The van der Waals surface area contributed by atoms with Gasteiger partial charge in [-0.25, -0.2) is 0 Å². The van der Waals surface area contributed by atoms with Gasteiger partial charge in [0.05, 0.1) is 11.6 Å². The molecule has 1 N–H and O–H groups in total. The summed E-state index contributed by atoms with van der Waals surface area (Å²) in [6, 6.07) is 8.33. The monoisotopic (exact) mass is 334 g/mol. The fourth-order valence-corrected chi connectivity index (χ4v) is 2.84. The highest BCUT2D eigenvalue weighted by Gasteiger charge is 2.44. The third-order valence-corrected chi connectivity index (χ3v) is 4.31. The molecule has 126 valence electrons. The van der Waals surface area contributed by atoms with E-state index in [1.807, 2.05) is 12.1 Å². The van der Waals surface area contributed by atoms with Crippen molar-refractivity contribution >= 4 is 5.91 Å². The minimum absolute atomic E-state index is 0.131. The molecule has 1 aromatic heterocycles. The molecule has 1 aromatic carbocycles. The van der Waals surface area contributed by atoms with E-state index in [1.54, 1.807) is 25.4 Å². The van der Waals surface area contributed by atoms with E-state index < -0.39 is 17.8 Å². The van der Waals surface area contributed by atoms with Crippen LogP contribution in [0, 0.1) is 5.92 Å². The van der Waals surface area contributed by atoms with E-state index >= 15 is 0 Å². The van der Waals surface area contributed by atoms with Gasteiger partial charge in [-0.1, -0.05) is 18.2 Å². The molecule has 3 rings (SSSR count). The van der Waals surface area contributed by atoms with Crippen molar-refractivity contribution in [3.05, 3.63) is 65.5 Å². The molecule has 2 aromatic rings. The van der Waals surface area contributed by atoms with Gasteiger partial charge in [0, 0.05) is 18.3 Å². The summed E-state index contributed by atoms with van der Waals surface area (Å²) in [7, 11) is 0. The van der Waals surface area contributed by atoms with Gasteiger partial charge in [-0.05, 0) is 48.6 Å². The first-order valence-corrected chi connectivity index (χ1v) is 7.73. The predicted molar refractivity (Wildman–Crippen MR) is 83.1 cm³/mol. The van der Waals surface area contributed by atoms with Crippen molar-refractivity contribution in [2.75, 3.05) is 0 Å². The van der Waals surface area contributed by atoms with E-state index in [2.05, 4.69) is 10.3 Å². The Morgan fingerprint density at radius 1 is 1.29 bits per heavy atom. The van der Waals surface area contributed by atoms with E-state index in [-0.39, 0.29) is 17.7 Å². The maximum atomic E-state index is 12.8. The quantitative estimate of drug-likeness (QED) is 0.915. The number of nitrogens with zero attached hydrogens (tertiary/aromatic N) is 1. The Labute approximate surface area is 137 Å². The van der Waals surface area contributed by atoms with E-state index in [0.29, 0.717) is 5.56 Å². The molecule has 0 unspecified atom stereocenters. The molecular weight excluding hydrogens is 317 g/mol. The maximum absolute atomic E-state index is 12.8. The van der Waals surface area contributed by atoms with Crippen molar-refractivity contribution in [2.45, 2.75) is 31.5 Å². The molecule has 6 heteroatoms. The van der Waals surface area contributed by atoms with Crippen LogP contribution in [0.25, 0.3) is 0 Å². The number of rotatable bonds is 4. The number of aromatic nitrogens is 1. The topological polar surface area (TPSA) is 42.0 Å². The Hall–Kier alpha value is -2.37. The highest BCUT2D eigenvalue weighted by Crippen LogP contribution is 2.47. The lowest BCUT2D eigenvalue weighted by Gasteiger charge is -2.16. The number of carbonyl (C=O) groups excluding carboxylic acids is 1. The van der Waals surface area contributed by atoms with E-state index in [0.717, 1.165) is 24.1 Å². The molecule has 0 spiro atoms. The van der Waals surface area contributed by atoms with Gasteiger partial charge >= 0.3 is 6.18 Å². The highest BCUT2D eigenvalue weighted by molar-refractivity contribution is 5.83.